The first-order chi connectivity index (χ1) is 4.79. The van der Waals surface area contributed by atoms with Gasteiger partial charge in [-0.15, -0.1) is 0 Å². The molecule has 0 saturated heterocycles. The molecule has 0 unspecified atom stereocenters. The Morgan fingerprint density at radius 2 is 2.60 bits per heavy atom. The summed E-state index contributed by atoms with van der Waals surface area (Å²) < 4.78 is 2.32. The number of thioether (sulfide) groups is 1. The predicted octanol–water partition coefficient (Wildman–Crippen LogP) is 1.39. The second kappa shape index (κ2) is 2.10. The average Bonchev–Trinajstić information content (AvgIpc) is 2.40. The van der Waals surface area contributed by atoms with E-state index in [0.29, 0.717) is 5.75 Å². The van der Waals surface area contributed by atoms with Crippen LogP contribution < -0.4 is 0 Å². The molecule has 0 N–H and O–H groups in total. The van der Waals surface area contributed by atoms with Crippen molar-refractivity contribution in [3.8, 4) is 0 Å². The minimum atomic E-state index is 0.101. The lowest BCUT2D eigenvalue weighted by molar-refractivity contribution is 0.0937. The Hall–Kier alpha value is -0.290. The van der Waals surface area contributed by atoms with E-state index in [1.54, 1.807) is 10.8 Å². The first-order valence-corrected chi connectivity index (χ1v) is 4.46. The number of imidazole rings is 1. The average molecular weight is 219 g/mol. The van der Waals surface area contributed by atoms with Crippen molar-refractivity contribution in [1.82, 2.24) is 9.55 Å². The van der Waals surface area contributed by atoms with Gasteiger partial charge >= 0.3 is 0 Å². The maximum Gasteiger partial charge on any atom is 0.244 e. The molecule has 1 aliphatic heterocycles. The largest absolute Gasteiger partial charge is 0.273 e. The van der Waals surface area contributed by atoms with E-state index in [4.69, 9.17) is 0 Å². The molecule has 1 aliphatic rings. The zero-order valence-electron chi connectivity index (χ0n) is 4.87. The van der Waals surface area contributed by atoms with Crippen molar-refractivity contribution in [2.45, 2.75) is 5.16 Å². The van der Waals surface area contributed by atoms with E-state index in [9.17, 15) is 4.79 Å². The van der Waals surface area contributed by atoms with Gasteiger partial charge in [-0.2, -0.15) is 0 Å². The molecule has 3 nitrogen and oxygen atoms in total. The second-order valence-corrected chi connectivity index (χ2v) is 3.64. The summed E-state index contributed by atoms with van der Waals surface area (Å²) in [6, 6.07) is 0. The van der Waals surface area contributed by atoms with Crippen LogP contribution in [0.3, 0.4) is 0 Å². The Kier molecular flexibility index (Phi) is 1.35. The van der Waals surface area contributed by atoms with Crippen LogP contribution in [-0.2, 0) is 0 Å². The molecular weight excluding hydrogens is 216 g/mol. The van der Waals surface area contributed by atoms with E-state index in [1.165, 1.54) is 11.8 Å². The highest BCUT2D eigenvalue weighted by atomic mass is 79.9. The zero-order chi connectivity index (χ0) is 7.14. The van der Waals surface area contributed by atoms with Gasteiger partial charge < -0.3 is 0 Å². The molecule has 0 radical (unpaired) electrons. The standard InChI is InChI=1S/C5H3BrN2OS/c6-3-1-7-5-8(3)4(9)2-10-5/h1H,2H2. The van der Waals surface area contributed by atoms with Crippen LogP contribution in [0.1, 0.15) is 4.79 Å². The molecule has 0 amide bonds. The Balaban J connectivity index is 2.65. The fourth-order valence-electron chi connectivity index (χ4n) is 0.834. The number of carbonyl (C=O) groups is 1. The summed E-state index contributed by atoms with van der Waals surface area (Å²) in [4.78, 5) is 15.0. The molecule has 10 heavy (non-hydrogen) atoms. The third kappa shape index (κ3) is 0.737. The van der Waals surface area contributed by atoms with Crippen molar-refractivity contribution in [1.29, 1.82) is 0 Å². The third-order valence-electron chi connectivity index (χ3n) is 1.26. The van der Waals surface area contributed by atoms with Crippen LogP contribution in [0, 0.1) is 0 Å². The fraction of sp³-hybridized carbons (Fsp3) is 0.200. The van der Waals surface area contributed by atoms with Crippen molar-refractivity contribution >= 4 is 33.6 Å². The Labute approximate surface area is 69.9 Å². The smallest absolute Gasteiger partial charge is 0.244 e. The van der Waals surface area contributed by atoms with Crippen LogP contribution in [0.5, 0.6) is 0 Å². The first-order valence-electron chi connectivity index (χ1n) is 2.68. The monoisotopic (exact) mass is 218 g/mol. The summed E-state index contributed by atoms with van der Waals surface area (Å²) in [5.41, 5.74) is 0. The molecular formula is C5H3BrN2OS. The van der Waals surface area contributed by atoms with Gasteiger partial charge in [-0.25, -0.2) is 4.98 Å². The van der Waals surface area contributed by atoms with Crippen LogP contribution >= 0.6 is 27.7 Å². The highest BCUT2D eigenvalue weighted by molar-refractivity contribution is 9.10. The van der Waals surface area contributed by atoms with Gasteiger partial charge in [0, 0.05) is 0 Å². The molecule has 0 bridgehead atoms. The Morgan fingerprint density at radius 3 is 3.30 bits per heavy atom. The van der Waals surface area contributed by atoms with E-state index in [0.717, 1.165) is 9.76 Å². The molecule has 2 heterocycles. The van der Waals surface area contributed by atoms with Gasteiger partial charge in [0.05, 0.1) is 11.9 Å². The summed E-state index contributed by atoms with van der Waals surface area (Å²) in [5, 5.41) is 0.789. The Bertz CT molecular complexity index is 296. The number of aromatic nitrogens is 2. The number of hydrogen-bond donors (Lipinski definition) is 0. The molecule has 0 fully saturated rings. The lowest BCUT2D eigenvalue weighted by Gasteiger charge is -1.91. The van der Waals surface area contributed by atoms with Crippen molar-refractivity contribution in [3.63, 3.8) is 0 Å². The normalized spacial score (nSPS) is 15.9. The van der Waals surface area contributed by atoms with E-state index < -0.39 is 0 Å². The van der Waals surface area contributed by atoms with Gasteiger partial charge in [-0.3, -0.25) is 9.36 Å². The summed E-state index contributed by atoms with van der Waals surface area (Å²) in [6.07, 6.45) is 1.64. The van der Waals surface area contributed by atoms with Gasteiger partial charge in [0.15, 0.2) is 5.16 Å². The van der Waals surface area contributed by atoms with Crippen molar-refractivity contribution in [2.75, 3.05) is 5.75 Å². The lowest BCUT2D eigenvalue weighted by Crippen LogP contribution is -2.06. The van der Waals surface area contributed by atoms with Gasteiger partial charge in [0.1, 0.15) is 4.60 Å². The fourth-order valence-corrected chi connectivity index (χ4v) is 2.26. The van der Waals surface area contributed by atoms with Crippen LogP contribution in [-0.4, -0.2) is 21.2 Å². The number of halogens is 1. The SMILES string of the molecule is O=C1CSc2ncc(Br)n21. The van der Waals surface area contributed by atoms with Gasteiger partial charge in [-0.05, 0) is 15.9 Å². The molecule has 52 valence electrons. The third-order valence-corrected chi connectivity index (χ3v) is 2.76. The summed E-state index contributed by atoms with van der Waals surface area (Å²) in [6.45, 7) is 0. The van der Waals surface area contributed by atoms with Crippen molar-refractivity contribution < 1.29 is 4.79 Å². The van der Waals surface area contributed by atoms with Crippen LogP contribution in [0.15, 0.2) is 16.0 Å². The maximum absolute atomic E-state index is 11.0. The topological polar surface area (TPSA) is 34.9 Å². The van der Waals surface area contributed by atoms with Gasteiger partial charge in [0.2, 0.25) is 5.91 Å². The van der Waals surface area contributed by atoms with E-state index >= 15 is 0 Å². The number of rotatable bonds is 0. The number of nitrogens with zero attached hydrogens (tertiary/aromatic N) is 2. The lowest BCUT2D eigenvalue weighted by atomic mass is 10.7. The quantitative estimate of drug-likeness (QED) is 0.661. The highest BCUT2D eigenvalue weighted by Crippen LogP contribution is 2.27. The van der Waals surface area contributed by atoms with E-state index in [1.807, 2.05) is 0 Å². The summed E-state index contributed by atoms with van der Waals surface area (Å²) >= 11 is 4.69. The van der Waals surface area contributed by atoms with Gasteiger partial charge in [-0.1, -0.05) is 11.8 Å². The second-order valence-electron chi connectivity index (χ2n) is 1.88. The van der Waals surface area contributed by atoms with Crippen LogP contribution in [0.2, 0.25) is 0 Å². The summed E-state index contributed by atoms with van der Waals surface area (Å²) in [5.74, 6) is 0.617. The first kappa shape index (κ1) is 6.42. The zero-order valence-corrected chi connectivity index (χ0v) is 7.28. The van der Waals surface area contributed by atoms with E-state index in [-0.39, 0.29) is 5.91 Å². The molecule has 5 heteroatoms. The summed E-state index contributed by atoms with van der Waals surface area (Å²) in [7, 11) is 0. The number of hydrogen-bond acceptors (Lipinski definition) is 3. The predicted molar refractivity (Wildman–Crippen MR) is 41.3 cm³/mol. The minimum absolute atomic E-state index is 0.101. The Morgan fingerprint density at radius 1 is 1.80 bits per heavy atom. The maximum atomic E-state index is 11.0. The number of fused-ring (bicyclic) bond motifs is 1. The molecule has 0 atom stereocenters. The molecule has 0 aliphatic carbocycles. The van der Waals surface area contributed by atoms with E-state index in [2.05, 4.69) is 20.9 Å². The molecule has 0 spiro atoms. The van der Waals surface area contributed by atoms with Crippen LogP contribution in [0.25, 0.3) is 0 Å². The van der Waals surface area contributed by atoms with Gasteiger partial charge in [0.25, 0.3) is 0 Å². The van der Waals surface area contributed by atoms with Crippen molar-refractivity contribution in [2.24, 2.45) is 0 Å². The molecule has 0 aromatic carbocycles. The highest BCUT2D eigenvalue weighted by Gasteiger charge is 2.22. The molecule has 1 aromatic heterocycles. The number of carbonyl (C=O) groups excluding carboxylic acids is 1. The molecule has 0 saturated carbocycles. The van der Waals surface area contributed by atoms with Crippen LogP contribution in [0.4, 0.5) is 0 Å². The molecule has 1 aromatic rings. The minimum Gasteiger partial charge on any atom is -0.273 e. The molecule has 2 rings (SSSR count). The van der Waals surface area contributed by atoms with Crippen molar-refractivity contribution in [3.05, 3.63) is 10.8 Å².